The third-order valence-electron chi connectivity index (χ3n) is 3.07. The van der Waals surface area contributed by atoms with Gasteiger partial charge in [-0.15, -0.1) is 0 Å². The van der Waals surface area contributed by atoms with Crippen LogP contribution < -0.4 is 10.7 Å². The fraction of sp³-hybridized carbons (Fsp3) is 0.375. The molecule has 0 aromatic heterocycles. The van der Waals surface area contributed by atoms with E-state index in [9.17, 15) is 14.4 Å². The van der Waals surface area contributed by atoms with Crippen molar-refractivity contribution in [2.75, 3.05) is 11.9 Å². The Hall–Kier alpha value is -2.70. The van der Waals surface area contributed by atoms with Crippen molar-refractivity contribution in [3.63, 3.8) is 0 Å². The maximum absolute atomic E-state index is 12.0. The van der Waals surface area contributed by atoms with Crippen LogP contribution in [0, 0.1) is 5.92 Å². The van der Waals surface area contributed by atoms with Crippen molar-refractivity contribution in [2.24, 2.45) is 11.0 Å². The molecule has 0 heterocycles. The largest absolute Gasteiger partial charge is 0.465 e. The van der Waals surface area contributed by atoms with Crippen LogP contribution in [-0.4, -0.2) is 30.1 Å². The highest BCUT2D eigenvalue weighted by Gasteiger charge is 2.17. The van der Waals surface area contributed by atoms with Gasteiger partial charge >= 0.3 is 5.97 Å². The van der Waals surface area contributed by atoms with Gasteiger partial charge in [-0.3, -0.25) is 14.4 Å². The summed E-state index contributed by atoms with van der Waals surface area (Å²) in [6, 6.07) is 6.38. The van der Waals surface area contributed by atoms with Gasteiger partial charge in [0.1, 0.15) is 0 Å². The summed E-state index contributed by atoms with van der Waals surface area (Å²) in [6.07, 6.45) is 0. The predicted molar refractivity (Wildman–Crippen MR) is 87.1 cm³/mol. The molecule has 0 aliphatic heterocycles. The number of hydrogen-bond acceptors (Lipinski definition) is 5. The number of hydrazone groups is 1. The molecular weight excluding hydrogens is 298 g/mol. The predicted octanol–water partition coefficient (Wildman–Crippen LogP) is 1.95. The summed E-state index contributed by atoms with van der Waals surface area (Å²) in [7, 11) is 0. The molecule has 0 saturated heterocycles. The molecule has 7 heteroatoms. The van der Waals surface area contributed by atoms with Gasteiger partial charge in [0.05, 0.1) is 12.5 Å². The molecule has 1 aromatic rings. The molecule has 2 amide bonds. The zero-order chi connectivity index (χ0) is 17.4. The van der Waals surface area contributed by atoms with Gasteiger partial charge in [-0.2, -0.15) is 5.10 Å². The summed E-state index contributed by atoms with van der Waals surface area (Å²) < 4.78 is 4.89. The Kier molecular flexibility index (Phi) is 6.92. The summed E-state index contributed by atoms with van der Waals surface area (Å²) in [4.78, 5) is 34.5. The van der Waals surface area contributed by atoms with Crippen LogP contribution in [0.25, 0.3) is 0 Å². The zero-order valence-electron chi connectivity index (χ0n) is 13.7. The van der Waals surface area contributed by atoms with E-state index in [0.29, 0.717) is 23.6 Å². The molecule has 0 fully saturated rings. The molecule has 0 aliphatic rings. The number of benzene rings is 1. The van der Waals surface area contributed by atoms with Crippen LogP contribution in [0.4, 0.5) is 5.69 Å². The van der Waals surface area contributed by atoms with Gasteiger partial charge in [0, 0.05) is 23.9 Å². The Morgan fingerprint density at radius 3 is 2.30 bits per heavy atom. The number of ether oxygens (including phenoxy) is 1. The van der Waals surface area contributed by atoms with E-state index in [4.69, 9.17) is 4.74 Å². The number of esters is 1. The molecule has 23 heavy (non-hydrogen) atoms. The highest BCUT2D eigenvalue weighted by atomic mass is 16.5. The maximum atomic E-state index is 12.0. The minimum atomic E-state index is -0.530. The van der Waals surface area contributed by atoms with E-state index in [1.807, 2.05) is 0 Å². The maximum Gasteiger partial charge on any atom is 0.314 e. The molecule has 0 radical (unpaired) electrons. The highest BCUT2D eigenvalue weighted by Crippen LogP contribution is 2.09. The van der Waals surface area contributed by atoms with Crippen LogP contribution >= 0.6 is 0 Å². The summed E-state index contributed by atoms with van der Waals surface area (Å²) in [5.41, 5.74) is 3.83. The summed E-state index contributed by atoms with van der Waals surface area (Å²) >= 11 is 0. The fourth-order valence-corrected chi connectivity index (χ4v) is 1.65. The second-order valence-corrected chi connectivity index (χ2v) is 4.93. The summed E-state index contributed by atoms with van der Waals surface area (Å²) in [5.74, 6) is -1.51. The van der Waals surface area contributed by atoms with Gasteiger partial charge in [0.2, 0.25) is 5.91 Å². The van der Waals surface area contributed by atoms with Crippen molar-refractivity contribution in [1.82, 2.24) is 5.43 Å². The van der Waals surface area contributed by atoms with Gasteiger partial charge in [0.25, 0.3) is 5.91 Å². The van der Waals surface area contributed by atoms with Crippen molar-refractivity contribution in [3.05, 3.63) is 29.8 Å². The molecule has 124 valence electrons. The number of anilines is 1. The van der Waals surface area contributed by atoms with Crippen molar-refractivity contribution in [2.45, 2.75) is 27.7 Å². The van der Waals surface area contributed by atoms with E-state index in [0.717, 1.165) is 0 Å². The molecule has 2 N–H and O–H groups in total. The van der Waals surface area contributed by atoms with Gasteiger partial charge < -0.3 is 10.1 Å². The molecular formula is C16H21N3O4. The first-order valence-corrected chi connectivity index (χ1v) is 7.24. The standard InChI is InChI=1S/C16H21N3O4/c1-5-23-16(22)10(2)11(3)18-19-15(21)13-6-8-14(9-7-13)17-12(4)20/h6-10H,5H2,1-4H3,(H,17,20)(H,19,21)/b18-11-/t10-/m0/s1. The van der Waals surface area contributed by atoms with Crippen molar-refractivity contribution >= 4 is 29.2 Å². The lowest BCUT2D eigenvalue weighted by Crippen LogP contribution is -2.25. The molecule has 1 atom stereocenters. The molecule has 0 saturated carbocycles. The lowest BCUT2D eigenvalue weighted by Gasteiger charge is -2.10. The molecule has 7 nitrogen and oxygen atoms in total. The number of carbonyl (C=O) groups excluding carboxylic acids is 3. The van der Waals surface area contributed by atoms with Crippen LogP contribution in [0.1, 0.15) is 38.1 Å². The van der Waals surface area contributed by atoms with Gasteiger partial charge in [-0.25, -0.2) is 5.43 Å². The van der Waals surface area contributed by atoms with Crippen molar-refractivity contribution in [3.8, 4) is 0 Å². The first-order chi connectivity index (χ1) is 10.8. The second-order valence-electron chi connectivity index (χ2n) is 4.93. The smallest absolute Gasteiger partial charge is 0.314 e. The molecule has 0 unspecified atom stereocenters. The number of rotatable bonds is 6. The molecule has 1 aromatic carbocycles. The minimum Gasteiger partial charge on any atom is -0.465 e. The molecule has 0 spiro atoms. The van der Waals surface area contributed by atoms with E-state index in [2.05, 4.69) is 15.8 Å². The van der Waals surface area contributed by atoms with E-state index in [-0.39, 0.29) is 11.9 Å². The van der Waals surface area contributed by atoms with Crippen LogP contribution in [0.15, 0.2) is 29.4 Å². The van der Waals surface area contributed by atoms with Gasteiger partial charge in [-0.05, 0) is 45.0 Å². The summed E-state index contributed by atoms with van der Waals surface area (Å²) in [5, 5.41) is 6.53. The molecule has 1 rings (SSSR count). The SMILES string of the molecule is CCOC(=O)[C@@H](C)/C(C)=N\NC(=O)c1ccc(NC(C)=O)cc1. The first kappa shape index (κ1) is 18.3. The number of nitrogens with zero attached hydrogens (tertiary/aromatic N) is 1. The highest BCUT2D eigenvalue weighted by molar-refractivity contribution is 6.02. The Morgan fingerprint density at radius 1 is 1.17 bits per heavy atom. The average Bonchev–Trinajstić information content (AvgIpc) is 2.51. The third kappa shape index (κ3) is 5.90. The third-order valence-corrected chi connectivity index (χ3v) is 3.07. The second kappa shape index (κ2) is 8.67. The van der Waals surface area contributed by atoms with E-state index in [1.165, 1.54) is 6.92 Å². The topological polar surface area (TPSA) is 96.9 Å². The van der Waals surface area contributed by atoms with Crippen molar-refractivity contribution < 1.29 is 19.1 Å². The number of amides is 2. The Bertz CT molecular complexity index is 608. The van der Waals surface area contributed by atoms with Crippen LogP contribution in [0.3, 0.4) is 0 Å². The minimum absolute atomic E-state index is 0.185. The Morgan fingerprint density at radius 2 is 1.78 bits per heavy atom. The van der Waals surface area contributed by atoms with Crippen LogP contribution in [0.2, 0.25) is 0 Å². The fourth-order valence-electron chi connectivity index (χ4n) is 1.65. The van der Waals surface area contributed by atoms with Crippen LogP contribution in [0.5, 0.6) is 0 Å². The Balaban J connectivity index is 2.66. The quantitative estimate of drug-likeness (QED) is 0.476. The number of carbonyl (C=O) groups is 3. The van der Waals surface area contributed by atoms with E-state index >= 15 is 0 Å². The van der Waals surface area contributed by atoms with E-state index in [1.54, 1.807) is 45.0 Å². The average molecular weight is 319 g/mol. The van der Waals surface area contributed by atoms with Gasteiger partial charge in [0.15, 0.2) is 0 Å². The zero-order valence-corrected chi connectivity index (χ0v) is 13.7. The number of hydrogen-bond donors (Lipinski definition) is 2. The monoisotopic (exact) mass is 319 g/mol. The lowest BCUT2D eigenvalue weighted by atomic mass is 10.1. The molecule has 0 bridgehead atoms. The van der Waals surface area contributed by atoms with E-state index < -0.39 is 11.8 Å². The normalized spacial score (nSPS) is 12.3. The van der Waals surface area contributed by atoms with Gasteiger partial charge in [-0.1, -0.05) is 0 Å². The van der Waals surface area contributed by atoms with Crippen LogP contribution in [-0.2, 0) is 14.3 Å². The Labute approximate surface area is 135 Å². The molecule has 0 aliphatic carbocycles. The summed E-state index contributed by atoms with van der Waals surface area (Å²) in [6.45, 7) is 6.72. The first-order valence-electron chi connectivity index (χ1n) is 7.24. The number of nitrogens with one attached hydrogen (secondary N) is 2. The lowest BCUT2D eigenvalue weighted by molar-refractivity contribution is -0.145. The van der Waals surface area contributed by atoms with Crippen molar-refractivity contribution in [1.29, 1.82) is 0 Å².